The van der Waals surface area contributed by atoms with Gasteiger partial charge in [0.15, 0.2) is 0 Å². The van der Waals surface area contributed by atoms with Crippen molar-refractivity contribution in [1.29, 1.82) is 0 Å². The second kappa shape index (κ2) is 11.0. The Morgan fingerprint density at radius 1 is 1.04 bits per heavy atom. The van der Waals surface area contributed by atoms with E-state index in [9.17, 15) is 9.59 Å². The van der Waals surface area contributed by atoms with Gasteiger partial charge in [-0.05, 0) is 49.6 Å². The molecule has 1 aromatic rings. The highest BCUT2D eigenvalue weighted by Crippen LogP contribution is 2.20. The van der Waals surface area contributed by atoms with E-state index in [-0.39, 0.29) is 13.2 Å². The zero-order valence-electron chi connectivity index (χ0n) is 14.3. The van der Waals surface area contributed by atoms with Crippen LogP contribution in [0, 0.1) is 0 Å². The summed E-state index contributed by atoms with van der Waals surface area (Å²) in [6, 6.07) is 5.27. The fraction of sp³-hybridized carbons (Fsp3) is 0.444. The summed E-state index contributed by atoms with van der Waals surface area (Å²) in [6.45, 7) is 7.26. The number of ether oxygens (including phenoxy) is 3. The summed E-state index contributed by atoms with van der Waals surface area (Å²) in [5, 5.41) is -1.45. The van der Waals surface area contributed by atoms with Gasteiger partial charge in [-0.25, -0.2) is 0 Å². The molecule has 0 aromatic heterocycles. The topological polar surface area (TPSA) is 61.8 Å². The van der Waals surface area contributed by atoms with Gasteiger partial charge in [0.25, 0.3) is 0 Å². The van der Waals surface area contributed by atoms with Crippen LogP contribution >= 0.6 is 23.2 Å². The summed E-state index contributed by atoms with van der Waals surface area (Å²) >= 11 is 11.4. The van der Waals surface area contributed by atoms with E-state index >= 15 is 0 Å². The molecule has 2 unspecified atom stereocenters. The third-order valence-corrected chi connectivity index (χ3v) is 3.38. The van der Waals surface area contributed by atoms with Gasteiger partial charge in [-0.2, -0.15) is 0 Å². The first kappa shape index (κ1) is 21.3. The first-order valence-electron chi connectivity index (χ1n) is 7.81. The molecule has 0 aliphatic heterocycles. The van der Waals surface area contributed by atoms with E-state index in [1.54, 1.807) is 24.3 Å². The average Bonchev–Trinajstić information content (AvgIpc) is 2.57. The van der Waals surface area contributed by atoms with Gasteiger partial charge >= 0.3 is 11.9 Å². The summed E-state index contributed by atoms with van der Waals surface area (Å²) in [7, 11) is 0. The predicted octanol–water partition coefficient (Wildman–Crippen LogP) is 3.98. The van der Waals surface area contributed by atoms with Crippen LogP contribution in [0.4, 0.5) is 0 Å². The molecule has 0 saturated carbocycles. The zero-order chi connectivity index (χ0) is 18.8. The van der Waals surface area contributed by atoms with E-state index in [1.807, 2.05) is 0 Å². The first-order valence-corrected chi connectivity index (χ1v) is 8.68. The lowest BCUT2D eigenvalue weighted by atomic mass is 10.1. The van der Waals surface area contributed by atoms with Crippen LogP contribution < -0.4 is 4.74 Å². The molecule has 1 rings (SSSR count). The van der Waals surface area contributed by atoms with Crippen LogP contribution in [0.15, 0.2) is 30.9 Å². The van der Waals surface area contributed by atoms with E-state index in [0.29, 0.717) is 29.9 Å². The molecule has 0 fully saturated rings. The number of carbonyl (C=O) groups excluding carboxylic acids is 2. The monoisotopic (exact) mass is 388 g/mol. The minimum Gasteiger partial charge on any atom is -0.493 e. The highest BCUT2D eigenvalue weighted by Gasteiger charge is 2.13. The van der Waals surface area contributed by atoms with Crippen molar-refractivity contribution in [2.75, 3.05) is 6.61 Å². The quantitative estimate of drug-likeness (QED) is 0.262. The van der Waals surface area contributed by atoms with E-state index in [0.717, 1.165) is 0 Å². The summed E-state index contributed by atoms with van der Waals surface area (Å²) < 4.78 is 15.9. The Morgan fingerprint density at radius 2 is 1.52 bits per heavy atom. The Kier molecular flexibility index (Phi) is 9.39. The SMILES string of the molecule is C=CCCOc1cc(COC(=O)C(C)Cl)cc(COC(=O)C(C)Cl)c1. The smallest absolute Gasteiger partial charge is 0.324 e. The molecular formula is C18H22Cl2O5. The van der Waals surface area contributed by atoms with Crippen molar-refractivity contribution in [1.82, 2.24) is 0 Å². The van der Waals surface area contributed by atoms with Gasteiger partial charge in [0.2, 0.25) is 0 Å². The molecule has 0 bridgehead atoms. The third kappa shape index (κ3) is 8.27. The first-order chi connectivity index (χ1) is 11.8. The molecule has 138 valence electrons. The summed E-state index contributed by atoms with van der Waals surface area (Å²) in [6.07, 6.45) is 2.44. The molecule has 0 heterocycles. The Balaban J connectivity index is 2.84. The van der Waals surface area contributed by atoms with Crippen LogP contribution in [0.3, 0.4) is 0 Å². The molecule has 0 amide bonds. The molecular weight excluding hydrogens is 367 g/mol. The minimum absolute atomic E-state index is 0.0431. The predicted molar refractivity (Wildman–Crippen MR) is 97.0 cm³/mol. The molecule has 0 saturated heterocycles. The lowest BCUT2D eigenvalue weighted by molar-refractivity contribution is -0.144. The van der Waals surface area contributed by atoms with Crippen molar-refractivity contribution in [3.05, 3.63) is 42.0 Å². The maximum atomic E-state index is 11.5. The van der Waals surface area contributed by atoms with Gasteiger partial charge in [-0.1, -0.05) is 6.08 Å². The molecule has 1 aromatic carbocycles. The summed E-state index contributed by atoms with van der Waals surface area (Å²) in [5.41, 5.74) is 1.40. The van der Waals surface area contributed by atoms with Crippen LogP contribution in [-0.4, -0.2) is 29.3 Å². The maximum absolute atomic E-state index is 11.5. The fourth-order valence-electron chi connectivity index (χ4n) is 1.78. The number of benzene rings is 1. The Morgan fingerprint density at radius 3 is 1.92 bits per heavy atom. The number of alkyl halides is 2. The molecule has 0 aliphatic rings. The van der Waals surface area contributed by atoms with Gasteiger partial charge in [0, 0.05) is 0 Å². The number of esters is 2. The minimum atomic E-state index is -0.724. The van der Waals surface area contributed by atoms with Gasteiger partial charge < -0.3 is 14.2 Å². The molecule has 0 spiro atoms. The molecule has 2 atom stereocenters. The number of halogens is 2. The highest BCUT2D eigenvalue weighted by atomic mass is 35.5. The zero-order valence-corrected chi connectivity index (χ0v) is 15.8. The van der Waals surface area contributed by atoms with Crippen LogP contribution in [0.25, 0.3) is 0 Å². The third-order valence-electron chi connectivity index (χ3n) is 3.03. The van der Waals surface area contributed by atoms with Crippen LogP contribution in [-0.2, 0) is 32.3 Å². The van der Waals surface area contributed by atoms with E-state index in [1.165, 1.54) is 13.8 Å². The van der Waals surface area contributed by atoms with Gasteiger partial charge in [-0.3, -0.25) is 9.59 Å². The standard InChI is InChI=1S/C18H22Cl2O5/c1-4-5-6-23-16-8-14(10-24-17(21)12(2)19)7-15(9-16)11-25-18(22)13(3)20/h4,7-9,12-13H,1,5-6,10-11H2,2-3H3. The summed E-state index contributed by atoms with van der Waals surface area (Å²) in [4.78, 5) is 23.0. The average molecular weight is 389 g/mol. The highest BCUT2D eigenvalue weighted by molar-refractivity contribution is 6.29. The Hall–Kier alpha value is -1.72. The number of rotatable bonds is 10. The van der Waals surface area contributed by atoms with Crippen molar-refractivity contribution in [2.45, 2.75) is 44.2 Å². The normalized spacial score (nSPS) is 12.8. The fourth-order valence-corrected chi connectivity index (χ4v) is 1.90. The molecule has 7 heteroatoms. The Bertz CT molecular complexity index is 557. The summed E-state index contributed by atoms with van der Waals surface area (Å²) in [5.74, 6) is -0.438. The number of hydrogen-bond donors (Lipinski definition) is 0. The van der Waals surface area contributed by atoms with Crippen molar-refractivity contribution < 1.29 is 23.8 Å². The van der Waals surface area contributed by atoms with Crippen molar-refractivity contribution >= 4 is 35.1 Å². The van der Waals surface area contributed by atoms with E-state index in [4.69, 9.17) is 37.4 Å². The molecule has 0 N–H and O–H groups in total. The molecule has 0 aliphatic carbocycles. The van der Waals surface area contributed by atoms with Crippen molar-refractivity contribution in [3.63, 3.8) is 0 Å². The molecule has 25 heavy (non-hydrogen) atoms. The lowest BCUT2D eigenvalue weighted by Gasteiger charge is -2.12. The second-order valence-electron chi connectivity index (χ2n) is 5.36. The van der Waals surface area contributed by atoms with E-state index in [2.05, 4.69) is 6.58 Å². The lowest BCUT2D eigenvalue weighted by Crippen LogP contribution is -2.15. The second-order valence-corrected chi connectivity index (χ2v) is 6.67. The van der Waals surface area contributed by atoms with Crippen LogP contribution in [0.5, 0.6) is 5.75 Å². The van der Waals surface area contributed by atoms with Crippen molar-refractivity contribution in [3.8, 4) is 5.75 Å². The number of hydrogen-bond acceptors (Lipinski definition) is 5. The van der Waals surface area contributed by atoms with Crippen molar-refractivity contribution in [2.24, 2.45) is 0 Å². The van der Waals surface area contributed by atoms with E-state index < -0.39 is 22.7 Å². The molecule has 5 nitrogen and oxygen atoms in total. The van der Waals surface area contributed by atoms with Crippen LogP contribution in [0.1, 0.15) is 31.4 Å². The van der Waals surface area contributed by atoms with Crippen LogP contribution in [0.2, 0.25) is 0 Å². The molecule has 0 radical (unpaired) electrons. The largest absolute Gasteiger partial charge is 0.493 e. The Labute approximate surface area is 157 Å². The van der Waals surface area contributed by atoms with Gasteiger partial charge in [0.05, 0.1) is 6.61 Å². The maximum Gasteiger partial charge on any atom is 0.324 e. The van der Waals surface area contributed by atoms with Gasteiger partial charge in [-0.15, -0.1) is 29.8 Å². The number of carbonyl (C=O) groups is 2. The van der Waals surface area contributed by atoms with Gasteiger partial charge in [0.1, 0.15) is 29.7 Å².